The number of carboxylic acids is 1. The molecule has 0 saturated carbocycles. The minimum atomic E-state index is -1.17. The molecule has 1 spiro atoms. The second-order valence-electron chi connectivity index (χ2n) is 12.1. The van der Waals surface area contributed by atoms with Gasteiger partial charge < -0.3 is 34.6 Å². The van der Waals surface area contributed by atoms with E-state index >= 15 is 0 Å². The summed E-state index contributed by atoms with van der Waals surface area (Å²) in [4.78, 5) is 35.9. The molecule has 0 amide bonds. The van der Waals surface area contributed by atoms with Crippen LogP contribution in [0.5, 0.6) is 34.5 Å². The van der Waals surface area contributed by atoms with E-state index in [1.807, 2.05) is 12.1 Å². The van der Waals surface area contributed by atoms with E-state index in [-0.39, 0.29) is 40.4 Å². The molecule has 4 aliphatic rings. The molecule has 3 heterocycles. The summed E-state index contributed by atoms with van der Waals surface area (Å²) in [6, 6.07) is 28.2. The molecule has 0 fully saturated rings. The number of ketones is 1. The number of aromatic carboxylic acids is 1. The molecular formula is C40H26O10. The van der Waals surface area contributed by atoms with Gasteiger partial charge in [-0.25, -0.2) is 9.59 Å². The minimum Gasteiger partial charge on any atom is -0.508 e. The van der Waals surface area contributed by atoms with Gasteiger partial charge >= 0.3 is 11.9 Å². The molecule has 0 bridgehead atoms. The van der Waals surface area contributed by atoms with Crippen LogP contribution in [0.15, 0.2) is 127 Å². The fourth-order valence-electron chi connectivity index (χ4n) is 7.12. The number of hydrogen-bond donors (Lipinski definition) is 4. The highest BCUT2D eigenvalue weighted by atomic mass is 16.6. The van der Waals surface area contributed by atoms with Crippen LogP contribution in [0.4, 0.5) is 0 Å². The third kappa shape index (κ3) is 4.76. The van der Waals surface area contributed by atoms with Crippen molar-refractivity contribution in [1.29, 1.82) is 0 Å². The fourth-order valence-corrected chi connectivity index (χ4v) is 7.12. The van der Waals surface area contributed by atoms with Crippen LogP contribution in [0.3, 0.4) is 0 Å². The number of esters is 1. The number of phenolic OH excluding ortho intramolecular Hbond substituents is 3. The molecule has 10 heteroatoms. The van der Waals surface area contributed by atoms with Crippen molar-refractivity contribution in [1.82, 2.24) is 0 Å². The monoisotopic (exact) mass is 666 g/mol. The first-order chi connectivity index (χ1) is 24.1. The Hall–Kier alpha value is -6.81. The molecule has 0 saturated heterocycles. The number of rotatable bonds is 2. The van der Waals surface area contributed by atoms with Crippen molar-refractivity contribution >= 4 is 17.7 Å². The number of hydrogen-bond acceptors (Lipinski definition) is 9. The van der Waals surface area contributed by atoms with Crippen molar-refractivity contribution in [3.05, 3.63) is 166 Å². The minimum absolute atomic E-state index is 0.0371. The van der Waals surface area contributed by atoms with Gasteiger partial charge in [0.25, 0.3) is 0 Å². The number of aromatic hydroxyl groups is 3. The third-order valence-corrected chi connectivity index (χ3v) is 9.21. The largest absolute Gasteiger partial charge is 0.508 e. The molecule has 1 aliphatic carbocycles. The highest BCUT2D eigenvalue weighted by molar-refractivity contribution is 6.01. The molecular weight excluding hydrogens is 640 g/mol. The summed E-state index contributed by atoms with van der Waals surface area (Å²) in [5, 5.41) is 39.0. The van der Waals surface area contributed by atoms with Crippen molar-refractivity contribution < 1.29 is 49.0 Å². The van der Waals surface area contributed by atoms with E-state index in [1.54, 1.807) is 66.7 Å². The molecule has 0 aromatic heterocycles. The molecule has 9 rings (SSSR count). The first kappa shape index (κ1) is 30.5. The van der Waals surface area contributed by atoms with Gasteiger partial charge in [0.05, 0.1) is 11.1 Å². The number of phenols is 3. The van der Waals surface area contributed by atoms with Gasteiger partial charge in [0.2, 0.25) is 0 Å². The summed E-state index contributed by atoms with van der Waals surface area (Å²) < 4.78 is 17.6. The molecule has 10 nitrogen and oxygen atoms in total. The summed E-state index contributed by atoms with van der Waals surface area (Å²) in [5.74, 6) is -0.468. The number of allylic oxidation sites excluding steroid dienone is 3. The Balaban J connectivity index is 0.000000144. The smallest absolute Gasteiger partial charge is 0.340 e. The Labute approximate surface area is 284 Å². The first-order valence-electron chi connectivity index (χ1n) is 15.6. The van der Waals surface area contributed by atoms with E-state index in [4.69, 9.17) is 14.2 Å². The zero-order chi connectivity index (χ0) is 34.7. The van der Waals surface area contributed by atoms with Crippen LogP contribution in [0.1, 0.15) is 54.5 Å². The lowest BCUT2D eigenvalue weighted by Crippen LogP contribution is -2.32. The van der Waals surface area contributed by atoms with E-state index in [9.17, 15) is 34.8 Å². The molecule has 3 aliphatic heterocycles. The molecule has 0 radical (unpaired) electrons. The highest BCUT2D eigenvalue weighted by Gasteiger charge is 2.53. The van der Waals surface area contributed by atoms with E-state index in [0.29, 0.717) is 50.8 Å². The lowest BCUT2D eigenvalue weighted by molar-refractivity contribution is -0.110. The van der Waals surface area contributed by atoms with Gasteiger partial charge in [0.15, 0.2) is 11.4 Å². The number of benzene rings is 5. The summed E-state index contributed by atoms with van der Waals surface area (Å²) in [6.45, 7) is 0. The van der Waals surface area contributed by atoms with Gasteiger partial charge in [-0.15, -0.1) is 0 Å². The van der Waals surface area contributed by atoms with Crippen molar-refractivity contribution in [2.24, 2.45) is 5.92 Å². The zero-order valence-electron chi connectivity index (χ0n) is 25.9. The van der Waals surface area contributed by atoms with Gasteiger partial charge in [0, 0.05) is 58.4 Å². The van der Waals surface area contributed by atoms with Crippen LogP contribution in [0.2, 0.25) is 0 Å². The second kappa shape index (κ2) is 11.4. The van der Waals surface area contributed by atoms with Crippen LogP contribution in [0.25, 0.3) is 0 Å². The molecule has 4 N–H and O–H groups in total. The number of ether oxygens (including phenoxy) is 3. The molecule has 5 aromatic rings. The first-order valence-corrected chi connectivity index (χ1v) is 15.6. The number of carbonyl (C=O) groups is 3. The number of fused-ring (bicyclic) bond motifs is 8. The maximum Gasteiger partial charge on any atom is 0.340 e. The van der Waals surface area contributed by atoms with E-state index in [2.05, 4.69) is 0 Å². The lowest BCUT2D eigenvalue weighted by Gasteiger charge is -2.36. The average Bonchev–Trinajstić information content (AvgIpc) is 3.39. The molecule has 5 aromatic carbocycles. The van der Waals surface area contributed by atoms with Gasteiger partial charge in [-0.05, 0) is 54.1 Å². The Morgan fingerprint density at radius 2 is 1.28 bits per heavy atom. The van der Waals surface area contributed by atoms with Crippen molar-refractivity contribution in [2.75, 3.05) is 0 Å². The van der Waals surface area contributed by atoms with Crippen molar-refractivity contribution in [3.8, 4) is 34.5 Å². The maximum absolute atomic E-state index is 12.5. The van der Waals surface area contributed by atoms with Gasteiger partial charge in [0.1, 0.15) is 40.3 Å². The normalized spacial score (nSPS) is 18.4. The summed E-state index contributed by atoms with van der Waals surface area (Å²) in [6.07, 6.45) is 4.63. The lowest BCUT2D eigenvalue weighted by atomic mass is 9.74. The zero-order valence-corrected chi connectivity index (χ0v) is 25.9. The number of carboxylic acid groups (broad SMARTS) is 1. The Kier molecular flexibility index (Phi) is 6.97. The van der Waals surface area contributed by atoms with Crippen LogP contribution in [-0.2, 0) is 15.1 Å². The number of carbonyl (C=O) groups excluding carboxylic acids is 2. The average molecular weight is 667 g/mol. The molecule has 50 heavy (non-hydrogen) atoms. The Morgan fingerprint density at radius 1 is 0.660 bits per heavy atom. The standard InChI is InChI=1S/C20H12O5.C20H14O5/c21-11-5-7-15-17(9-11)24-18-10-12(22)6-8-16(18)20(15)14-4-2-1-3-13(14)19(23)25-20;21-11-5-7-15-17(9-11)25-18-10-12(22)6-8-16(18)19(15)13-3-1-2-4-14(13)20(23)24/h1-10,21-22H;1-10,15,19,22H,(H,23,24). The van der Waals surface area contributed by atoms with Crippen LogP contribution >= 0.6 is 0 Å². The van der Waals surface area contributed by atoms with Crippen LogP contribution in [-0.4, -0.2) is 38.1 Å². The van der Waals surface area contributed by atoms with E-state index in [1.165, 1.54) is 42.5 Å². The summed E-state index contributed by atoms with van der Waals surface area (Å²) in [5.41, 5.74) is 2.90. The van der Waals surface area contributed by atoms with Crippen LogP contribution < -0.4 is 9.47 Å². The molecule has 2 unspecified atom stereocenters. The second-order valence-corrected chi connectivity index (χ2v) is 12.1. The third-order valence-electron chi connectivity index (χ3n) is 9.21. The summed E-state index contributed by atoms with van der Waals surface area (Å²) in [7, 11) is 0. The quantitative estimate of drug-likeness (QED) is 0.146. The van der Waals surface area contributed by atoms with Gasteiger partial charge in [-0.1, -0.05) is 48.5 Å². The highest BCUT2D eigenvalue weighted by Crippen LogP contribution is 2.57. The SMILES string of the molecule is O=C1C=CC2C(=C1)Oc1cc(O)ccc1C2c1ccccc1C(=O)O.O=C1OC2(c3ccc(O)cc3Oc3cc(O)ccc32)c2ccccc21. The summed E-state index contributed by atoms with van der Waals surface area (Å²) >= 11 is 0. The van der Waals surface area contributed by atoms with E-state index < -0.39 is 17.5 Å². The topological polar surface area (TPSA) is 160 Å². The van der Waals surface area contributed by atoms with Gasteiger partial charge in [-0.2, -0.15) is 0 Å². The maximum atomic E-state index is 12.5. The van der Waals surface area contributed by atoms with Crippen molar-refractivity contribution in [3.63, 3.8) is 0 Å². The van der Waals surface area contributed by atoms with Gasteiger partial charge in [-0.3, -0.25) is 4.79 Å². The predicted octanol–water partition coefficient (Wildman–Crippen LogP) is 6.92. The van der Waals surface area contributed by atoms with Crippen LogP contribution in [0, 0.1) is 5.92 Å². The molecule has 2 atom stereocenters. The van der Waals surface area contributed by atoms with E-state index in [0.717, 1.165) is 5.56 Å². The fraction of sp³-hybridized carbons (Fsp3) is 0.0750. The Morgan fingerprint density at radius 3 is 1.98 bits per heavy atom. The molecule has 246 valence electrons. The Bertz CT molecular complexity index is 2280. The van der Waals surface area contributed by atoms with Crippen molar-refractivity contribution in [2.45, 2.75) is 11.5 Å². The predicted molar refractivity (Wildman–Crippen MR) is 178 cm³/mol.